The number of carbonyl (C=O) groups excluding carboxylic acids is 1. The van der Waals surface area contributed by atoms with Crippen LogP contribution in [0.4, 0.5) is 4.39 Å². The van der Waals surface area contributed by atoms with Gasteiger partial charge in [-0.3, -0.25) is 9.78 Å². The molecule has 1 heterocycles. The number of carboxylic acid groups (broad SMARTS) is 1. The Bertz CT molecular complexity index is 1810. The van der Waals surface area contributed by atoms with Crippen molar-refractivity contribution in [3.63, 3.8) is 0 Å². The van der Waals surface area contributed by atoms with Gasteiger partial charge in [-0.25, -0.2) is 9.18 Å². The molecule has 0 atom stereocenters. The number of carbonyl (C=O) groups is 2. The first-order chi connectivity index (χ1) is 20.3. The summed E-state index contributed by atoms with van der Waals surface area (Å²) in [6.07, 6.45) is 3.46. The van der Waals surface area contributed by atoms with Crippen LogP contribution in [0.1, 0.15) is 46.5 Å². The van der Waals surface area contributed by atoms with Crippen LogP contribution in [0.2, 0.25) is 0 Å². The summed E-state index contributed by atoms with van der Waals surface area (Å²) >= 11 is 0. The minimum atomic E-state index is -1.10. The number of hydrogen-bond acceptors (Lipinski definition) is 5. The maximum absolute atomic E-state index is 15.3. The molecule has 0 radical (unpaired) electrons. The summed E-state index contributed by atoms with van der Waals surface area (Å²) in [7, 11) is 0. The Morgan fingerprint density at radius 1 is 0.929 bits per heavy atom. The lowest BCUT2D eigenvalue weighted by molar-refractivity contribution is -0.132. The maximum Gasteiger partial charge on any atom is 0.331 e. The third kappa shape index (κ3) is 6.20. The summed E-state index contributed by atoms with van der Waals surface area (Å²) in [5.41, 5.74) is 3.52. The molecule has 1 N–H and O–H groups in total. The third-order valence-electron chi connectivity index (χ3n) is 6.82. The number of rotatable bonds is 10. The highest BCUT2D eigenvalue weighted by atomic mass is 19.1. The fraction of sp³-hybridized carbons (Fsp3) is 0.114. The molecule has 0 saturated heterocycles. The van der Waals surface area contributed by atoms with Crippen LogP contribution in [0.15, 0.2) is 103 Å². The Labute approximate surface area is 242 Å². The molecule has 5 aromatic rings. The van der Waals surface area contributed by atoms with Crippen molar-refractivity contribution >= 4 is 28.7 Å². The zero-order valence-corrected chi connectivity index (χ0v) is 23.1. The number of halogens is 1. The van der Waals surface area contributed by atoms with Crippen LogP contribution in [0.25, 0.3) is 17.0 Å². The minimum absolute atomic E-state index is 0.0657. The van der Waals surface area contributed by atoms with Gasteiger partial charge in [-0.1, -0.05) is 67.6 Å². The molecule has 0 fully saturated rings. The number of benzene rings is 4. The van der Waals surface area contributed by atoms with Gasteiger partial charge in [0.25, 0.3) is 0 Å². The lowest BCUT2D eigenvalue weighted by Crippen LogP contribution is -2.08. The molecule has 0 aliphatic heterocycles. The summed E-state index contributed by atoms with van der Waals surface area (Å²) in [4.78, 5) is 29.6. The number of aryl methyl sites for hydroxylation is 1. The molecule has 0 saturated carbocycles. The second-order valence-corrected chi connectivity index (χ2v) is 9.72. The molecule has 42 heavy (non-hydrogen) atoms. The molecule has 0 unspecified atom stereocenters. The van der Waals surface area contributed by atoms with E-state index in [2.05, 4.69) is 4.98 Å². The number of nitrogens with zero attached hydrogens (tertiary/aromatic N) is 1. The lowest BCUT2D eigenvalue weighted by Gasteiger charge is -2.16. The van der Waals surface area contributed by atoms with E-state index in [4.69, 9.17) is 14.6 Å². The van der Waals surface area contributed by atoms with Gasteiger partial charge in [-0.15, -0.1) is 0 Å². The molecule has 0 aliphatic rings. The zero-order chi connectivity index (χ0) is 29.6. The van der Waals surface area contributed by atoms with Crippen LogP contribution in [-0.4, -0.2) is 21.8 Å². The third-order valence-corrected chi connectivity index (χ3v) is 6.82. The van der Waals surface area contributed by atoms with Crippen LogP contribution in [0, 0.1) is 5.82 Å². The Morgan fingerprint density at radius 2 is 1.69 bits per heavy atom. The van der Waals surface area contributed by atoms with Crippen molar-refractivity contribution in [1.29, 1.82) is 0 Å². The number of pyridine rings is 1. The van der Waals surface area contributed by atoms with Crippen molar-refractivity contribution in [2.45, 2.75) is 26.9 Å². The average Bonchev–Trinajstić information content (AvgIpc) is 3.01. The molecule has 4 aromatic carbocycles. The number of ketones is 1. The van der Waals surface area contributed by atoms with E-state index in [0.29, 0.717) is 40.8 Å². The summed E-state index contributed by atoms with van der Waals surface area (Å²) in [6.45, 7) is 3.77. The monoisotopic (exact) mass is 561 g/mol. The molecular formula is C35H28FNO5. The Hall–Kier alpha value is -5.30. The van der Waals surface area contributed by atoms with Crippen LogP contribution in [-0.2, 0) is 17.8 Å². The predicted octanol–water partition coefficient (Wildman–Crippen LogP) is 8.03. The van der Waals surface area contributed by atoms with Gasteiger partial charge in [0.15, 0.2) is 17.3 Å². The van der Waals surface area contributed by atoms with Crippen LogP contribution < -0.4 is 9.47 Å². The van der Waals surface area contributed by atoms with Crippen molar-refractivity contribution in [2.75, 3.05) is 0 Å². The van der Waals surface area contributed by atoms with Gasteiger partial charge in [0, 0.05) is 28.8 Å². The maximum atomic E-state index is 15.3. The number of carboxylic acids is 1. The van der Waals surface area contributed by atoms with Crippen molar-refractivity contribution in [1.82, 2.24) is 4.98 Å². The SMILES string of the molecule is CCc1ccccc1C(=O)c1cnc2cc(OCc3ccccc3)ccc2c1Oc1ccc(/C=C(\C)C(=O)O)cc1F. The van der Waals surface area contributed by atoms with Crippen molar-refractivity contribution in [3.05, 3.63) is 136 Å². The van der Waals surface area contributed by atoms with Crippen molar-refractivity contribution in [3.8, 4) is 17.2 Å². The lowest BCUT2D eigenvalue weighted by atomic mass is 9.96. The van der Waals surface area contributed by atoms with E-state index >= 15 is 4.39 Å². The molecule has 0 spiro atoms. The number of fused-ring (bicyclic) bond motifs is 1. The molecule has 6 nitrogen and oxygen atoms in total. The van der Waals surface area contributed by atoms with Gasteiger partial charge >= 0.3 is 5.97 Å². The van der Waals surface area contributed by atoms with E-state index in [9.17, 15) is 9.59 Å². The molecule has 5 rings (SSSR count). The first-order valence-electron chi connectivity index (χ1n) is 13.4. The van der Waals surface area contributed by atoms with Gasteiger partial charge in [0.05, 0.1) is 11.1 Å². The largest absolute Gasteiger partial charge is 0.489 e. The predicted molar refractivity (Wildman–Crippen MR) is 160 cm³/mol. The fourth-order valence-corrected chi connectivity index (χ4v) is 4.56. The molecule has 7 heteroatoms. The summed E-state index contributed by atoms with van der Waals surface area (Å²) < 4.78 is 27.4. The van der Waals surface area contributed by atoms with Gasteiger partial charge in [0.1, 0.15) is 18.1 Å². The van der Waals surface area contributed by atoms with E-state index < -0.39 is 11.8 Å². The number of ether oxygens (including phenoxy) is 2. The fourth-order valence-electron chi connectivity index (χ4n) is 4.56. The van der Waals surface area contributed by atoms with E-state index in [1.165, 1.54) is 31.3 Å². The average molecular weight is 562 g/mol. The molecule has 1 aromatic heterocycles. The van der Waals surface area contributed by atoms with Crippen molar-refractivity contribution in [2.24, 2.45) is 0 Å². The topological polar surface area (TPSA) is 85.7 Å². The van der Waals surface area contributed by atoms with E-state index in [1.807, 2.05) is 49.4 Å². The summed E-state index contributed by atoms with van der Waals surface area (Å²) in [5, 5.41) is 9.66. The zero-order valence-electron chi connectivity index (χ0n) is 23.1. The number of aliphatic carboxylic acids is 1. The minimum Gasteiger partial charge on any atom is -0.489 e. The van der Waals surface area contributed by atoms with Crippen LogP contribution >= 0.6 is 0 Å². The smallest absolute Gasteiger partial charge is 0.331 e. The summed E-state index contributed by atoms with van der Waals surface area (Å²) in [6, 6.07) is 26.5. The molecule has 210 valence electrons. The second kappa shape index (κ2) is 12.5. The van der Waals surface area contributed by atoms with Crippen LogP contribution in [0.3, 0.4) is 0 Å². The number of hydrogen-bond donors (Lipinski definition) is 1. The standard InChI is InChI=1S/C35H28FNO5/c1-3-25-11-7-8-12-27(25)33(38)29-20-37-31-19-26(41-21-23-9-5-4-6-10-23)14-15-28(31)34(29)42-32-16-13-24(18-30(32)36)17-22(2)35(39)40/h4-20H,3,21H2,1-2H3,(H,39,40)/b22-17+. The quantitative estimate of drug-likeness (QED) is 0.137. The van der Waals surface area contributed by atoms with E-state index in [-0.39, 0.29) is 28.4 Å². The number of aromatic nitrogens is 1. The highest BCUT2D eigenvalue weighted by Crippen LogP contribution is 2.37. The Morgan fingerprint density at radius 3 is 2.43 bits per heavy atom. The molecule has 0 bridgehead atoms. The Balaban J connectivity index is 1.56. The second-order valence-electron chi connectivity index (χ2n) is 9.72. The first kappa shape index (κ1) is 28.2. The summed E-state index contributed by atoms with van der Waals surface area (Å²) in [5.74, 6) is -1.47. The normalized spacial score (nSPS) is 11.4. The van der Waals surface area contributed by atoms with Gasteiger partial charge in [0.2, 0.25) is 0 Å². The molecular weight excluding hydrogens is 533 g/mol. The van der Waals surface area contributed by atoms with E-state index in [0.717, 1.165) is 11.1 Å². The van der Waals surface area contributed by atoms with E-state index in [1.54, 1.807) is 36.4 Å². The molecule has 0 aliphatic carbocycles. The molecule has 0 amide bonds. The van der Waals surface area contributed by atoms with Crippen LogP contribution in [0.5, 0.6) is 17.2 Å². The van der Waals surface area contributed by atoms with Gasteiger partial charge in [-0.05, 0) is 60.4 Å². The van der Waals surface area contributed by atoms with Crippen molar-refractivity contribution < 1.29 is 28.6 Å². The Kier molecular flexibility index (Phi) is 8.39. The highest BCUT2D eigenvalue weighted by molar-refractivity contribution is 6.14. The van der Waals surface area contributed by atoms with Gasteiger partial charge in [-0.2, -0.15) is 0 Å². The first-order valence-corrected chi connectivity index (χ1v) is 13.4. The van der Waals surface area contributed by atoms with Gasteiger partial charge < -0.3 is 14.6 Å². The highest BCUT2D eigenvalue weighted by Gasteiger charge is 2.22.